The normalized spacial score (nSPS) is 11.5. The van der Waals surface area contributed by atoms with Crippen LogP contribution in [0.4, 0.5) is 0 Å². The van der Waals surface area contributed by atoms with Gasteiger partial charge in [0.1, 0.15) is 0 Å². The molecule has 0 aliphatic heterocycles. The summed E-state index contributed by atoms with van der Waals surface area (Å²) in [5, 5.41) is 5.48. The first kappa shape index (κ1) is 26.1. The van der Waals surface area contributed by atoms with Crippen LogP contribution >= 0.6 is 0 Å². The Balaban J connectivity index is 1.26. The molecule has 5 heterocycles. The third-order valence-electron chi connectivity index (χ3n) is 8.69. The lowest BCUT2D eigenvalue weighted by Crippen LogP contribution is -1.94. The van der Waals surface area contributed by atoms with Gasteiger partial charge in [-0.3, -0.25) is 19.9 Å². The maximum Gasteiger partial charge on any atom is 0.0971 e. The van der Waals surface area contributed by atoms with Crippen LogP contribution < -0.4 is 0 Å². The molecule has 0 spiro atoms. The van der Waals surface area contributed by atoms with E-state index in [9.17, 15) is 0 Å². The van der Waals surface area contributed by atoms with Gasteiger partial charge in [0.2, 0.25) is 0 Å². The summed E-state index contributed by atoms with van der Waals surface area (Å²) in [4.78, 5) is 23.6. The SMILES string of the molecule is c1cncc(-c2cc(-c3ccc(-c4nc5ccccc5c5c6cccnc6c6ncccc6c45)cc3)cc(-c3cccnc3)c2)c1. The van der Waals surface area contributed by atoms with Crippen LogP contribution in [0.25, 0.3) is 88.1 Å². The number of aromatic nitrogens is 5. The largest absolute Gasteiger partial charge is 0.264 e. The van der Waals surface area contributed by atoms with E-state index in [1.807, 2.05) is 55.1 Å². The molecule has 5 nitrogen and oxygen atoms in total. The molecule has 9 aromatic rings. The monoisotopic (exact) mass is 587 g/mol. The molecule has 0 unspecified atom stereocenters. The molecule has 0 aliphatic carbocycles. The van der Waals surface area contributed by atoms with Gasteiger partial charge in [-0.25, -0.2) is 4.98 Å². The van der Waals surface area contributed by atoms with Crippen LogP contribution in [0.3, 0.4) is 0 Å². The molecule has 0 saturated carbocycles. The van der Waals surface area contributed by atoms with Crippen molar-refractivity contribution >= 4 is 43.5 Å². The molecule has 0 saturated heterocycles. The van der Waals surface area contributed by atoms with E-state index < -0.39 is 0 Å². The van der Waals surface area contributed by atoms with Crippen LogP contribution in [0.15, 0.2) is 152 Å². The number of benzene rings is 4. The minimum Gasteiger partial charge on any atom is -0.264 e. The molecule has 46 heavy (non-hydrogen) atoms. The average Bonchev–Trinajstić information content (AvgIpc) is 3.15. The fourth-order valence-corrected chi connectivity index (χ4v) is 6.57. The third kappa shape index (κ3) is 4.29. The summed E-state index contributed by atoms with van der Waals surface area (Å²) in [6, 6.07) is 40.2. The van der Waals surface area contributed by atoms with Gasteiger partial charge in [0.25, 0.3) is 0 Å². The molecule has 4 aromatic carbocycles. The van der Waals surface area contributed by atoms with Crippen molar-refractivity contribution in [3.63, 3.8) is 0 Å². The predicted octanol–water partition coefficient (Wildman–Crippen LogP) is 9.94. The number of pyridine rings is 5. The molecule has 5 aromatic heterocycles. The van der Waals surface area contributed by atoms with Crippen molar-refractivity contribution in [1.29, 1.82) is 0 Å². The summed E-state index contributed by atoms with van der Waals surface area (Å²) in [5.41, 5.74) is 11.3. The van der Waals surface area contributed by atoms with Crippen molar-refractivity contribution in [1.82, 2.24) is 24.9 Å². The number of nitrogens with zero attached hydrogens (tertiary/aromatic N) is 5. The quantitative estimate of drug-likeness (QED) is 0.192. The van der Waals surface area contributed by atoms with Gasteiger partial charge in [-0.2, -0.15) is 0 Å². The van der Waals surface area contributed by atoms with Crippen LogP contribution in [0.2, 0.25) is 0 Å². The summed E-state index contributed by atoms with van der Waals surface area (Å²) in [5.74, 6) is 0. The van der Waals surface area contributed by atoms with Crippen LogP contribution in [0.5, 0.6) is 0 Å². The van der Waals surface area contributed by atoms with E-state index in [1.165, 1.54) is 0 Å². The van der Waals surface area contributed by atoms with Crippen molar-refractivity contribution in [2.24, 2.45) is 0 Å². The van der Waals surface area contributed by atoms with E-state index in [4.69, 9.17) is 15.0 Å². The Morgan fingerprint density at radius 3 is 1.50 bits per heavy atom. The first-order valence-electron chi connectivity index (χ1n) is 15.2. The van der Waals surface area contributed by atoms with E-state index in [2.05, 4.69) is 94.9 Å². The number of fused-ring (bicyclic) bond motifs is 8. The number of para-hydroxylation sites is 1. The smallest absolute Gasteiger partial charge is 0.0971 e. The van der Waals surface area contributed by atoms with Crippen molar-refractivity contribution in [3.8, 4) is 44.6 Å². The molecule has 0 N–H and O–H groups in total. The highest BCUT2D eigenvalue weighted by atomic mass is 14.7. The van der Waals surface area contributed by atoms with Crippen LogP contribution in [-0.2, 0) is 0 Å². The predicted molar refractivity (Wildman–Crippen MR) is 187 cm³/mol. The second-order valence-corrected chi connectivity index (χ2v) is 11.4. The van der Waals surface area contributed by atoms with Gasteiger partial charge in [-0.1, -0.05) is 66.7 Å². The van der Waals surface area contributed by atoms with Gasteiger partial charge >= 0.3 is 0 Å². The second kappa shape index (κ2) is 10.7. The Morgan fingerprint density at radius 2 is 0.891 bits per heavy atom. The maximum absolute atomic E-state index is 5.28. The second-order valence-electron chi connectivity index (χ2n) is 11.4. The van der Waals surface area contributed by atoms with E-state index in [0.717, 1.165) is 88.1 Å². The molecule has 0 atom stereocenters. The third-order valence-corrected chi connectivity index (χ3v) is 8.69. The molecular weight excluding hydrogens is 562 g/mol. The zero-order valence-corrected chi connectivity index (χ0v) is 24.7. The maximum atomic E-state index is 5.28. The summed E-state index contributed by atoms with van der Waals surface area (Å²) in [6.45, 7) is 0. The van der Waals surface area contributed by atoms with E-state index in [-0.39, 0.29) is 0 Å². The average molecular weight is 588 g/mol. The molecule has 0 fully saturated rings. The van der Waals surface area contributed by atoms with Crippen molar-refractivity contribution in [3.05, 3.63) is 152 Å². The molecular formula is C41H25N5. The first-order valence-corrected chi connectivity index (χ1v) is 15.2. The zero-order chi connectivity index (χ0) is 30.5. The van der Waals surface area contributed by atoms with Crippen LogP contribution in [0.1, 0.15) is 0 Å². The molecule has 214 valence electrons. The Morgan fingerprint density at radius 1 is 0.370 bits per heavy atom. The zero-order valence-electron chi connectivity index (χ0n) is 24.7. The van der Waals surface area contributed by atoms with Crippen molar-refractivity contribution in [2.75, 3.05) is 0 Å². The first-order chi connectivity index (χ1) is 22.8. The van der Waals surface area contributed by atoms with Gasteiger partial charge in [0.15, 0.2) is 0 Å². The lowest BCUT2D eigenvalue weighted by atomic mass is 9.92. The topological polar surface area (TPSA) is 64.5 Å². The molecule has 5 heteroatoms. The minimum absolute atomic E-state index is 0.885. The fourth-order valence-electron chi connectivity index (χ4n) is 6.57. The van der Waals surface area contributed by atoms with E-state index >= 15 is 0 Å². The van der Waals surface area contributed by atoms with Crippen LogP contribution in [0, 0.1) is 0 Å². The Bertz CT molecular complexity index is 2510. The highest BCUT2D eigenvalue weighted by Gasteiger charge is 2.18. The van der Waals surface area contributed by atoms with E-state index in [0.29, 0.717) is 0 Å². The number of hydrogen-bond donors (Lipinski definition) is 0. The van der Waals surface area contributed by atoms with Gasteiger partial charge in [0.05, 0.1) is 22.2 Å². The van der Waals surface area contributed by atoms with E-state index in [1.54, 1.807) is 12.4 Å². The summed E-state index contributed by atoms with van der Waals surface area (Å²) in [7, 11) is 0. The van der Waals surface area contributed by atoms with Gasteiger partial charge in [0, 0.05) is 80.8 Å². The van der Waals surface area contributed by atoms with Gasteiger partial charge in [-0.05, 0) is 70.8 Å². The Labute approximate surface area is 264 Å². The van der Waals surface area contributed by atoms with Crippen LogP contribution in [-0.4, -0.2) is 24.9 Å². The Kier molecular flexibility index (Phi) is 6.06. The summed E-state index contributed by atoms with van der Waals surface area (Å²) < 4.78 is 0. The van der Waals surface area contributed by atoms with Gasteiger partial charge in [-0.15, -0.1) is 0 Å². The summed E-state index contributed by atoms with van der Waals surface area (Å²) >= 11 is 0. The molecule has 9 rings (SSSR count). The lowest BCUT2D eigenvalue weighted by Gasteiger charge is -2.15. The fraction of sp³-hybridized carbons (Fsp3) is 0. The molecule has 0 amide bonds. The summed E-state index contributed by atoms with van der Waals surface area (Å²) in [6.07, 6.45) is 11.1. The highest BCUT2D eigenvalue weighted by molar-refractivity contribution is 6.32. The van der Waals surface area contributed by atoms with Gasteiger partial charge < -0.3 is 0 Å². The number of hydrogen-bond acceptors (Lipinski definition) is 5. The minimum atomic E-state index is 0.885. The lowest BCUT2D eigenvalue weighted by molar-refractivity contribution is 1.32. The highest BCUT2D eigenvalue weighted by Crippen LogP contribution is 2.42. The standard InChI is InChI=1S/C41H25N5/c1-2-12-36-33(9-1)37-34-10-5-19-44-40(34)41-35(11-6-20-45-41)38(37)39(46-36)27-15-13-26(14-16-27)30-21-31(28-7-3-17-42-24-28)23-32(22-30)29-8-4-18-43-25-29/h1-25H. The Hall–Kier alpha value is -6.33. The molecule has 0 aliphatic rings. The molecule has 0 bridgehead atoms. The molecule has 0 radical (unpaired) electrons. The van der Waals surface area contributed by atoms with Crippen molar-refractivity contribution < 1.29 is 0 Å². The number of rotatable bonds is 4. The van der Waals surface area contributed by atoms with Crippen molar-refractivity contribution in [2.45, 2.75) is 0 Å².